The maximum absolute atomic E-state index is 12.5. The zero-order valence-electron chi connectivity index (χ0n) is 12.8. The summed E-state index contributed by atoms with van der Waals surface area (Å²) in [6, 6.07) is 4.16. The van der Waals surface area contributed by atoms with Gasteiger partial charge in [0, 0.05) is 11.7 Å². The van der Waals surface area contributed by atoms with E-state index in [1.807, 2.05) is 0 Å². The van der Waals surface area contributed by atoms with Gasteiger partial charge in [-0.25, -0.2) is 8.42 Å². The SMILES string of the molecule is O=S1(=O)CCC(Nc2cnnc(Nc3ccc(C(F)(F)F)cc3)n2)C1. The Hall–Kier alpha value is -2.43. The van der Waals surface area contributed by atoms with Crippen LogP contribution in [0, 0.1) is 0 Å². The van der Waals surface area contributed by atoms with E-state index in [-0.39, 0.29) is 23.5 Å². The van der Waals surface area contributed by atoms with Crippen LogP contribution in [0.3, 0.4) is 0 Å². The van der Waals surface area contributed by atoms with Crippen molar-refractivity contribution in [2.45, 2.75) is 18.6 Å². The average Bonchev–Trinajstić information content (AvgIpc) is 2.86. The van der Waals surface area contributed by atoms with Gasteiger partial charge in [-0.15, -0.1) is 5.10 Å². The standard InChI is InChI=1S/C14H14F3N5O2S/c15-14(16,17)9-1-3-10(4-2-9)20-13-21-12(7-18-22-13)19-11-5-6-25(23,24)8-11/h1-4,7,11H,5-6,8H2,(H2,19,20,21,22). The van der Waals surface area contributed by atoms with Crippen LogP contribution in [-0.4, -0.2) is 41.1 Å². The summed E-state index contributed by atoms with van der Waals surface area (Å²) >= 11 is 0. The van der Waals surface area contributed by atoms with E-state index in [1.54, 1.807) is 0 Å². The van der Waals surface area contributed by atoms with Crippen LogP contribution in [0.2, 0.25) is 0 Å². The summed E-state index contributed by atoms with van der Waals surface area (Å²) in [5, 5.41) is 13.2. The van der Waals surface area contributed by atoms with E-state index >= 15 is 0 Å². The first-order chi connectivity index (χ1) is 11.7. The fourth-order valence-electron chi connectivity index (χ4n) is 2.42. The number of benzene rings is 1. The van der Waals surface area contributed by atoms with Crippen molar-refractivity contribution in [3.8, 4) is 0 Å². The van der Waals surface area contributed by atoms with Crippen molar-refractivity contribution in [2.24, 2.45) is 0 Å². The topological polar surface area (TPSA) is 96.9 Å². The molecule has 1 saturated heterocycles. The summed E-state index contributed by atoms with van der Waals surface area (Å²) in [5.74, 6) is 0.579. The average molecular weight is 373 g/mol. The molecule has 1 aromatic carbocycles. The molecule has 0 spiro atoms. The normalized spacial score (nSPS) is 19.6. The number of sulfone groups is 1. The van der Waals surface area contributed by atoms with Crippen molar-refractivity contribution in [3.05, 3.63) is 36.0 Å². The molecule has 0 aliphatic carbocycles. The van der Waals surface area contributed by atoms with Gasteiger partial charge in [0.25, 0.3) is 0 Å². The lowest BCUT2D eigenvalue weighted by Crippen LogP contribution is -2.21. The van der Waals surface area contributed by atoms with Gasteiger partial charge in [-0.05, 0) is 30.7 Å². The number of nitrogens with one attached hydrogen (secondary N) is 2. The Morgan fingerprint density at radius 1 is 1.16 bits per heavy atom. The minimum atomic E-state index is -4.40. The van der Waals surface area contributed by atoms with E-state index in [0.717, 1.165) is 12.1 Å². The molecular formula is C14H14F3N5O2S. The highest BCUT2D eigenvalue weighted by atomic mass is 32.2. The third-order valence-electron chi connectivity index (χ3n) is 3.61. The zero-order valence-corrected chi connectivity index (χ0v) is 13.6. The lowest BCUT2D eigenvalue weighted by Gasteiger charge is -2.12. The van der Waals surface area contributed by atoms with Crippen LogP contribution < -0.4 is 10.6 Å². The second kappa shape index (κ2) is 6.47. The van der Waals surface area contributed by atoms with Gasteiger partial charge in [-0.1, -0.05) is 0 Å². The molecule has 3 rings (SSSR count). The second-order valence-electron chi connectivity index (χ2n) is 5.61. The fourth-order valence-corrected chi connectivity index (χ4v) is 4.09. The third kappa shape index (κ3) is 4.56. The molecule has 2 aromatic rings. The van der Waals surface area contributed by atoms with Gasteiger partial charge in [0.05, 0.1) is 23.3 Å². The Balaban J connectivity index is 1.67. The van der Waals surface area contributed by atoms with Gasteiger partial charge in [-0.2, -0.15) is 23.3 Å². The quantitative estimate of drug-likeness (QED) is 0.848. The maximum Gasteiger partial charge on any atom is 0.416 e. The number of rotatable bonds is 4. The number of nitrogens with zero attached hydrogens (tertiary/aromatic N) is 3. The maximum atomic E-state index is 12.5. The van der Waals surface area contributed by atoms with Gasteiger partial charge in [0.1, 0.15) is 0 Å². The van der Waals surface area contributed by atoms with Crippen LogP contribution in [0.1, 0.15) is 12.0 Å². The molecule has 0 radical (unpaired) electrons. The Morgan fingerprint density at radius 2 is 1.88 bits per heavy atom. The molecule has 25 heavy (non-hydrogen) atoms. The van der Waals surface area contributed by atoms with Crippen molar-refractivity contribution < 1.29 is 21.6 Å². The number of hydrogen-bond acceptors (Lipinski definition) is 7. The molecule has 0 bridgehead atoms. The molecule has 1 aromatic heterocycles. The van der Waals surface area contributed by atoms with E-state index < -0.39 is 21.6 Å². The highest BCUT2D eigenvalue weighted by molar-refractivity contribution is 7.91. The van der Waals surface area contributed by atoms with Crippen molar-refractivity contribution in [3.63, 3.8) is 0 Å². The van der Waals surface area contributed by atoms with Crippen LogP contribution in [-0.2, 0) is 16.0 Å². The number of halogens is 3. The molecule has 1 unspecified atom stereocenters. The molecule has 1 aliphatic rings. The highest BCUT2D eigenvalue weighted by Crippen LogP contribution is 2.30. The fraction of sp³-hybridized carbons (Fsp3) is 0.357. The first kappa shape index (κ1) is 17.4. The molecule has 1 aliphatic heterocycles. The smallest absolute Gasteiger partial charge is 0.365 e. The summed E-state index contributed by atoms with van der Waals surface area (Å²) in [4.78, 5) is 4.14. The molecule has 1 atom stereocenters. The molecule has 0 amide bonds. The Bertz CT molecular complexity index is 856. The van der Waals surface area contributed by atoms with Crippen LogP contribution in [0.5, 0.6) is 0 Å². The highest BCUT2D eigenvalue weighted by Gasteiger charge is 2.30. The van der Waals surface area contributed by atoms with Crippen molar-refractivity contribution >= 4 is 27.3 Å². The van der Waals surface area contributed by atoms with Crippen LogP contribution in [0.4, 0.5) is 30.6 Å². The summed E-state index contributed by atoms with van der Waals surface area (Å²) < 4.78 is 60.5. The number of alkyl halides is 3. The molecular weight excluding hydrogens is 359 g/mol. The monoisotopic (exact) mass is 373 g/mol. The Kier molecular flexibility index (Phi) is 4.50. The van der Waals surface area contributed by atoms with E-state index in [0.29, 0.717) is 17.9 Å². The molecule has 11 heteroatoms. The number of anilines is 3. The van der Waals surface area contributed by atoms with Gasteiger partial charge >= 0.3 is 6.18 Å². The summed E-state index contributed by atoms with van der Waals surface area (Å²) in [6.45, 7) is 0. The largest absolute Gasteiger partial charge is 0.416 e. The van der Waals surface area contributed by atoms with Crippen molar-refractivity contribution in [1.82, 2.24) is 15.2 Å². The number of hydrogen-bond donors (Lipinski definition) is 2. The van der Waals surface area contributed by atoms with E-state index in [2.05, 4.69) is 25.8 Å². The summed E-state index contributed by atoms with van der Waals surface area (Å²) in [7, 11) is -3.02. The molecule has 0 saturated carbocycles. The van der Waals surface area contributed by atoms with Gasteiger partial charge in [-0.3, -0.25) is 0 Å². The minimum absolute atomic E-state index is 0.0265. The molecule has 7 nitrogen and oxygen atoms in total. The van der Waals surface area contributed by atoms with Crippen LogP contribution in [0.15, 0.2) is 30.5 Å². The lowest BCUT2D eigenvalue weighted by molar-refractivity contribution is -0.137. The predicted molar refractivity (Wildman–Crippen MR) is 85.2 cm³/mol. The van der Waals surface area contributed by atoms with Crippen LogP contribution in [0.25, 0.3) is 0 Å². The van der Waals surface area contributed by atoms with E-state index in [4.69, 9.17) is 0 Å². The lowest BCUT2D eigenvalue weighted by atomic mass is 10.2. The predicted octanol–water partition coefficient (Wildman–Crippen LogP) is 2.23. The summed E-state index contributed by atoms with van der Waals surface area (Å²) in [6.07, 6.45) is -2.57. The van der Waals surface area contributed by atoms with E-state index in [9.17, 15) is 21.6 Å². The molecule has 134 valence electrons. The Labute approximate surface area is 141 Å². The molecule has 2 heterocycles. The summed E-state index contributed by atoms with van der Waals surface area (Å²) in [5.41, 5.74) is -0.384. The number of aromatic nitrogens is 3. The Morgan fingerprint density at radius 3 is 2.48 bits per heavy atom. The minimum Gasteiger partial charge on any atom is -0.365 e. The molecule has 2 N–H and O–H groups in total. The van der Waals surface area contributed by atoms with Gasteiger partial charge in [0.15, 0.2) is 15.7 Å². The van der Waals surface area contributed by atoms with Crippen molar-refractivity contribution in [1.29, 1.82) is 0 Å². The van der Waals surface area contributed by atoms with Gasteiger partial charge < -0.3 is 10.6 Å². The molecule has 1 fully saturated rings. The van der Waals surface area contributed by atoms with Crippen molar-refractivity contribution in [2.75, 3.05) is 22.1 Å². The zero-order chi connectivity index (χ0) is 18.1. The van der Waals surface area contributed by atoms with E-state index in [1.165, 1.54) is 18.3 Å². The first-order valence-electron chi connectivity index (χ1n) is 7.32. The van der Waals surface area contributed by atoms with Crippen LogP contribution >= 0.6 is 0 Å². The first-order valence-corrected chi connectivity index (χ1v) is 9.14. The van der Waals surface area contributed by atoms with Gasteiger partial charge in [0.2, 0.25) is 5.95 Å². The third-order valence-corrected chi connectivity index (χ3v) is 5.38. The second-order valence-corrected chi connectivity index (χ2v) is 7.84.